The van der Waals surface area contributed by atoms with Gasteiger partial charge in [0.2, 0.25) is 11.8 Å². The molecule has 0 spiro atoms. The van der Waals surface area contributed by atoms with E-state index in [0.29, 0.717) is 6.42 Å². The lowest BCUT2D eigenvalue weighted by atomic mass is 9.93. The number of nitrogens with zero attached hydrogens (tertiary/aromatic N) is 2. The fraction of sp³-hybridized carbons (Fsp3) is 0.500. The van der Waals surface area contributed by atoms with Gasteiger partial charge in [-0.05, 0) is 13.3 Å². The lowest BCUT2D eigenvalue weighted by Gasteiger charge is -2.05. The average molecular weight is 277 g/mol. The molecule has 2 rings (SSSR count). The second-order valence-electron chi connectivity index (χ2n) is 5.27. The summed E-state index contributed by atoms with van der Waals surface area (Å²) in [5, 5.41) is 0. The van der Waals surface area contributed by atoms with Gasteiger partial charge in [0.05, 0.1) is 11.8 Å². The minimum Gasteiger partial charge on any atom is -0.285 e. The monoisotopic (exact) mass is 277 g/mol. The van der Waals surface area contributed by atoms with E-state index in [2.05, 4.69) is 6.72 Å². The molecule has 106 valence electrons. The molecule has 0 aromatic rings. The minimum atomic E-state index is -0.453. The number of rotatable bonds is 3. The van der Waals surface area contributed by atoms with Gasteiger partial charge in [-0.2, -0.15) is 0 Å². The molecule has 3 atom stereocenters. The first-order valence-electron chi connectivity index (χ1n) is 6.50. The molecule has 0 saturated carbocycles. The fourth-order valence-electron chi connectivity index (χ4n) is 2.57. The van der Waals surface area contributed by atoms with Gasteiger partial charge < -0.3 is 0 Å². The molecule has 2 heterocycles. The van der Waals surface area contributed by atoms with E-state index < -0.39 is 17.8 Å². The zero-order valence-corrected chi connectivity index (χ0v) is 11.5. The van der Waals surface area contributed by atoms with Crippen LogP contribution in [0.15, 0.2) is 12.2 Å². The molecule has 2 unspecified atom stereocenters. The van der Waals surface area contributed by atoms with Gasteiger partial charge in [-0.1, -0.05) is 12.2 Å². The second kappa shape index (κ2) is 5.11. The molecule has 2 saturated heterocycles. The SMILES string of the molecule is C=[N+]1C(=O)C(C/C=C/C2CC(=O)N(C)C2=O)[C@H](C)C1=O. The highest BCUT2D eigenvalue weighted by Gasteiger charge is 2.49. The third kappa shape index (κ3) is 2.21. The molecule has 0 radical (unpaired) electrons. The Bertz CT molecular complexity index is 549. The summed E-state index contributed by atoms with van der Waals surface area (Å²) < 4.78 is 0.904. The van der Waals surface area contributed by atoms with Crippen molar-refractivity contribution in [1.29, 1.82) is 0 Å². The Hall–Kier alpha value is -2.11. The van der Waals surface area contributed by atoms with E-state index in [1.54, 1.807) is 19.1 Å². The third-order valence-corrected chi connectivity index (χ3v) is 4.02. The number of likely N-dealkylation sites (tertiary alicyclic amines) is 1. The third-order valence-electron chi connectivity index (χ3n) is 4.02. The van der Waals surface area contributed by atoms with Crippen LogP contribution in [-0.4, -0.2) is 46.9 Å². The summed E-state index contributed by atoms with van der Waals surface area (Å²) in [7, 11) is 1.46. The van der Waals surface area contributed by atoms with Crippen LogP contribution in [0.25, 0.3) is 0 Å². The molecule has 2 aliphatic heterocycles. The summed E-state index contributed by atoms with van der Waals surface area (Å²) >= 11 is 0. The van der Waals surface area contributed by atoms with Crippen LogP contribution < -0.4 is 0 Å². The van der Waals surface area contributed by atoms with Gasteiger partial charge in [0.1, 0.15) is 12.6 Å². The van der Waals surface area contributed by atoms with E-state index >= 15 is 0 Å². The van der Waals surface area contributed by atoms with E-state index in [1.165, 1.54) is 7.05 Å². The van der Waals surface area contributed by atoms with Crippen molar-refractivity contribution < 1.29 is 23.8 Å². The van der Waals surface area contributed by atoms with Crippen LogP contribution in [0.3, 0.4) is 0 Å². The Morgan fingerprint density at radius 2 is 1.95 bits per heavy atom. The maximum atomic E-state index is 11.8. The minimum absolute atomic E-state index is 0.167. The van der Waals surface area contributed by atoms with Crippen LogP contribution in [0.2, 0.25) is 0 Å². The van der Waals surface area contributed by atoms with Crippen molar-refractivity contribution in [2.24, 2.45) is 17.8 Å². The van der Waals surface area contributed by atoms with Crippen LogP contribution in [-0.2, 0) is 19.2 Å². The van der Waals surface area contributed by atoms with Crippen molar-refractivity contribution in [2.75, 3.05) is 7.05 Å². The summed E-state index contributed by atoms with van der Waals surface area (Å²) in [6.45, 7) is 5.12. The predicted molar refractivity (Wildman–Crippen MR) is 69.7 cm³/mol. The molecule has 0 aromatic heterocycles. The van der Waals surface area contributed by atoms with Crippen LogP contribution >= 0.6 is 0 Å². The van der Waals surface area contributed by atoms with Crippen LogP contribution in [0.1, 0.15) is 19.8 Å². The highest BCUT2D eigenvalue weighted by molar-refractivity contribution is 6.04. The predicted octanol–water partition coefficient (Wildman–Crippen LogP) is -0.0302. The standard InChI is InChI=1S/C14H17N2O4/c1-8-10(14(20)16(3)12(8)18)6-4-5-9-7-11(17)15(2)13(9)19/h4-5,8-10H,3,6-7H2,1-2H3/q+1/b5-4+/t8-,9?,10?/m0/s1. The number of hydrogen-bond acceptors (Lipinski definition) is 4. The Kier molecular flexibility index (Phi) is 3.65. The van der Waals surface area contributed by atoms with Crippen LogP contribution in [0, 0.1) is 17.8 Å². The van der Waals surface area contributed by atoms with E-state index in [0.717, 1.165) is 9.48 Å². The van der Waals surface area contributed by atoms with Gasteiger partial charge in [0, 0.05) is 13.5 Å². The van der Waals surface area contributed by atoms with E-state index in [1.807, 2.05) is 0 Å². The van der Waals surface area contributed by atoms with Crippen molar-refractivity contribution >= 4 is 30.3 Å². The van der Waals surface area contributed by atoms with Crippen molar-refractivity contribution in [3.05, 3.63) is 12.2 Å². The molecule has 20 heavy (non-hydrogen) atoms. The molecule has 6 nitrogen and oxygen atoms in total. The molecular weight excluding hydrogens is 260 g/mol. The van der Waals surface area contributed by atoms with Crippen molar-refractivity contribution in [3.63, 3.8) is 0 Å². The van der Waals surface area contributed by atoms with Gasteiger partial charge >= 0.3 is 11.8 Å². The topological polar surface area (TPSA) is 74.5 Å². The molecule has 0 bridgehead atoms. The van der Waals surface area contributed by atoms with Crippen LogP contribution in [0.5, 0.6) is 0 Å². The van der Waals surface area contributed by atoms with Gasteiger partial charge in [0.15, 0.2) is 0 Å². The lowest BCUT2D eigenvalue weighted by Crippen LogP contribution is -2.25. The van der Waals surface area contributed by atoms with Gasteiger partial charge in [-0.15, -0.1) is 4.58 Å². The quantitative estimate of drug-likeness (QED) is 0.412. The summed E-state index contributed by atoms with van der Waals surface area (Å²) in [5.74, 6) is -2.28. The van der Waals surface area contributed by atoms with Gasteiger partial charge in [-0.3, -0.25) is 14.5 Å². The molecular formula is C14H17N2O4+. The zero-order chi connectivity index (χ0) is 15.0. The molecule has 0 aromatic carbocycles. The molecule has 4 amide bonds. The fourth-order valence-corrected chi connectivity index (χ4v) is 2.57. The Balaban J connectivity index is 1.99. The normalized spacial score (nSPS) is 31.2. The van der Waals surface area contributed by atoms with E-state index in [9.17, 15) is 19.2 Å². The van der Waals surface area contributed by atoms with Crippen LogP contribution in [0.4, 0.5) is 0 Å². The zero-order valence-electron chi connectivity index (χ0n) is 11.5. The second-order valence-corrected chi connectivity index (χ2v) is 5.27. The first kappa shape index (κ1) is 14.3. The Labute approximate surface area is 116 Å². The number of carbonyl (C=O) groups excluding carboxylic acids is 4. The Morgan fingerprint density at radius 1 is 1.30 bits per heavy atom. The molecule has 0 N–H and O–H groups in total. The number of hydrogen-bond donors (Lipinski definition) is 0. The van der Waals surface area contributed by atoms with Crippen molar-refractivity contribution in [2.45, 2.75) is 19.8 Å². The van der Waals surface area contributed by atoms with Crippen molar-refractivity contribution in [1.82, 2.24) is 4.90 Å². The number of carbonyl (C=O) groups is 4. The first-order chi connectivity index (χ1) is 9.34. The smallest absolute Gasteiger partial charge is 0.285 e. The van der Waals surface area contributed by atoms with E-state index in [4.69, 9.17) is 0 Å². The molecule has 2 aliphatic rings. The van der Waals surface area contributed by atoms with E-state index in [-0.39, 0.29) is 30.0 Å². The Morgan fingerprint density at radius 3 is 2.40 bits per heavy atom. The number of amides is 4. The maximum Gasteiger partial charge on any atom is 0.398 e. The molecule has 0 aliphatic carbocycles. The number of allylic oxidation sites excluding steroid dienone is 1. The van der Waals surface area contributed by atoms with Crippen molar-refractivity contribution in [3.8, 4) is 0 Å². The summed E-state index contributed by atoms with van der Waals surface area (Å²) in [6.07, 6.45) is 3.90. The summed E-state index contributed by atoms with van der Waals surface area (Å²) in [6, 6.07) is 0. The van der Waals surface area contributed by atoms with Gasteiger partial charge in [0.25, 0.3) is 0 Å². The lowest BCUT2D eigenvalue weighted by molar-refractivity contribution is -0.367. The summed E-state index contributed by atoms with van der Waals surface area (Å²) in [4.78, 5) is 47.6. The van der Waals surface area contributed by atoms with Gasteiger partial charge in [-0.25, -0.2) is 9.59 Å². The maximum absolute atomic E-state index is 11.8. The average Bonchev–Trinajstić information content (AvgIpc) is 2.76. The highest BCUT2D eigenvalue weighted by Crippen LogP contribution is 2.27. The largest absolute Gasteiger partial charge is 0.398 e. The number of imide groups is 2. The first-order valence-corrected chi connectivity index (χ1v) is 6.50. The molecule has 2 fully saturated rings. The molecule has 6 heteroatoms. The summed E-state index contributed by atoms with van der Waals surface area (Å²) in [5.41, 5.74) is 0. The highest BCUT2D eigenvalue weighted by atomic mass is 16.2.